The first-order valence-electron chi connectivity index (χ1n) is 4.10. The predicted molar refractivity (Wildman–Crippen MR) is 43.4 cm³/mol. The molecule has 0 spiro atoms. The zero-order valence-electron chi connectivity index (χ0n) is 6.71. The third-order valence-electron chi connectivity index (χ3n) is 1.91. The molecule has 1 rings (SSSR count). The van der Waals surface area contributed by atoms with Crippen molar-refractivity contribution in [1.29, 1.82) is 0 Å². The first-order chi connectivity index (χ1) is 5.34. The van der Waals surface area contributed by atoms with Crippen LogP contribution in [0.4, 0.5) is 0 Å². The molecule has 0 aliphatic heterocycles. The van der Waals surface area contributed by atoms with E-state index in [0.29, 0.717) is 13.0 Å². The van der Waals surface area contributed by atoms with Crippen molar-refractivity contribution >= 4 is 5.78 Å². The first-order valence-corrected chi connectivity index (χ1v) is 4.10. The Labute approximate surface area is 67.2 Å². The fraction of sp³-hybridized carbons (Fsp3) is 0.667. The highest BCUT2D eigenvalue weighted by molar-refractivity contribution is 5.83. The summed E-state index contributed by atoms with van der Waals surface area (Å²) in [5.41, 5.74) is 0. The topological polar surface area (TPSA) is 26.3 Å². The molecule has 11 heavy (non-hydrogen) atoms. The lowest BCUT2D eigenvalue weighted by atomic mass is 9.96. The van der Waals surface area contributed by atoms with Gasteiger partial charge in [0.15, 0.2) is 5.78 Å². The number of hydrogen-bond donors (Lipinski definition) is 0. The van der Waals surface area contributed by atoms with Crippen molar-refractivity contribution in [2.45, 2.75) is 31.8 Å². The van der Waals surface area contributed by atoms with Crippen LogP contribution in [0.2, 0.25) is 0 Å². The Morgan fingerprint density at radius 1 is 1.64 bits per heavy atom. The van der Waals surface area contributed by atoms with Crippen LogP contribution in [-0.4, -0.2) is 18.5 Å². The molecule has 0 N–H and O–H groups in total. The Balaban J connectivity index is 2.29. The minimum atomic E-state index is -0.137. The summed E-state index contributed by atoms with van der Waals surface area (Å²) in [6.45, 7) is 4.03. The Hall–Kier alpha value is -0.630. The maximum atomic E-state index is 11.1. The van der Waals surface area contributed by atoms with E-state index in [0.717, 1.165) is 19.3 Å². The van der Waals surface area contributed by atoms with Gasteiger partial charge in [-0.2, -0.15) is 0 Å². The van der Waals surface area contributed by atoms with Gasteiger partial charge in [-0.15, -0.1) is 6.58 Å². The van der Waals surface area contributed by atoms with Crippen LogP contribution < -0.4 is 0 Å². The summed E-state index contributed by atoms with van der Waals surface area (Å²) in [5, 5.41) is 0. The van der Waals surface area contributed by atoms with E-state index in [1.807, 2.05) is 0 Å². The zero-order valence-corrected chi connectivity index (χ0v) is 6.71. The number of ketones is 1. The fourth-order valence-electron chi connectivity index (χ4n) is 1.31. The molecule has 1 atom stereocenters. The van der Waals surface area contributed by atoms with Gasteiger partial charge in [0.25, 0.3) is 0 Å². The fourth-order valence-corrected chi connectivity index (χ4v) is 1.31. The lowest BCUT2D eigenvalue weighted by molar-refractivity contribution is -0.132. The SMILES string of the molecule is C=CCO[C@H]1CCCCC1=O. The van der Waals surface area contributed by atoms with Gasteiger partial charge in [-0.25, -0.2) is 0 Å². The van der Waals surface area contributed by atoms with Crippen LogP contribution in [0.15, 0.2) is 12.7 Å². The smallest absolute Gasteiger partial charge is 0.161 e. The van der Waals surface area contributed by atoms with E-state index in [-0.39, 0.29) is 11.9 Å². The minimum absolute atomic E-state index is 0.137. The summed E-state index contributed by atoms with van der Waals surface area (Å²) >= 11 is 0. The molecule has 0 amide bonds. The van der Waals surface area contributed by atoms with E-state index < -0.39 is 0 Å². The van der Waals surface area contributed by atoms with Crippen LogP contribution in [0.25, 0.3) is 0 Å². The van der Waals surface area contributed by atoms with Crippen molar-refractivity contribution in [3.63, 3.8) is 0 Å². The maximum absolute atomic E-state index is 11.1. The van der Waals surface area contributed by atoms with E-state index in [9.17, 15) is 4.79 Å². The quantitative estimate of drug-likeness (QED) is 0.578. The van der Waals surface area contributed by atoms with Crippen LogP contribution in [0, 0.1) is 0 Å². The maximum Gasteiger partial charge on any atom is 0.161 e. The largest absolute Gasteiger partial charge is 0.366 e. The summed E-state index contributed by atoms with van der Waals surface area (Å²) in [7, 11) is 0. The van der Waals surface area contributed by atoms with Crippen molar-refractivity contribution in [2.75, 3.05) is 6.61 Å². The number of rotatable bonds is 3. The monoisotopic (exact) mass is 154 g/mol. The van der Waals surface area contributed by atoms with Crippen LogP contribution in [0.3, 0.4) is 0 Å². The standard InChI is InChI=1S/C9H14O2/c1-2-7-11-9-6-4-3-5-8(9)10/h2,9H,1,3-7H2/t9-/m0/s1. The highest BCUT2D eigenvalue weighted by Crippen LogP contribution is 2.16. The second-order valence-corrected chi connectivity index (χ2v) is 2.82. The molecule has 0 heterocycles. The Morgan fingerprint density at radius 2 is 2.45 bits per heavy atom. The lowest BCUT2D eigenvalue weighted by Crippen LogP contribution is -2.27. The van der Waals surface area contributed by atoms with Crippen molar-refractivity contribution < 1.29 is 9.53 Å². The van der Waals surface area contributed by atoms with Crippen LogP contribution in [0.5, 0.6) is 0 Å². The summed E-state index contributed by atoms with van der Waals surface area (Å²) in [6, 6.07) is 0. The highest BCUT2D eigenvalue weighted by atomic mass is 16.5. The Kier molecular flexibility index (Phi) is 3.30. The first kappa shape index (κ1) is 8.47. The lowest BCUT2D eigenvalue weighted by Gasteiger charge is -2.19. The Bertz CT molecular complexity index is 152. The molecule has 0 radical (unpaired) electrons. The summed E-state index contributed by atoms with van der Waals surface area (Å²) in [6.07, 6.45) is 5.29. The molecular formula is C9H14O2. The number of hydrogen-bond acceptors (Lipinski definition) is 2. The van der Waals surface area contributed by atoms with Gasteiger partial charge in [-0.05, 0) is 19.3 Å². The molecule has 2 nitrogen and oxygen atoms in total. The second kappa shape index (κ2) is 4.29. The number of ether oxygens (including phenoxy) is 1. The number of carbonyl (C=O) groups excluding carboxylic acids is 1. The molecule has 1 saturated carbocycles. The summed E-state index contributed by atoms with van der Waals surface area (Å²) in [4.78, 5) is 11.1. The van der Waals surface area contributed by atoms with Crippen molar-refractivity contribution in [1.82, 2.24) is 0 Å². The van der Waals surface area contributed by atoms with Gasteiger partial charge in [-0.1, -0.05) is 6.08 Å². The molecule has 1 fully saturated rings. The normalized spacial score (nSPS) is 25.1. The van der Waals surface area contributed by atoms with Gasteiger partial charge in [0.1, 0.15) is 6.10 Å². The highest BCUT2D eigenvalue weighted by Gasteiger charge is 2.21. The molecule has 0 aromatic rings. The van der Waals surface area contributed by atoms with Gasteiger partial charge < -0.3 is 4.74 Å². The Morgan fingerprint density at radius 3 is 3.09 bits per heavy atom. The second-order valence-electron chi connectivity index (χ2n) is 2.82. The third kappa shape index (κ3) is 2.46. The van der Waals surface area contributed by atoms with Crippen LogP contribution in [0.1, 0.15) is 25.7 Å². The van der Waals surface area contributed by atoms with Gasteiger partial charge in [-0.3, -0.25) is 4.79 Å². The van der Waals surface area contributed by atoms with E-state index in [2.05, 4.69) is 6.58 Å². The summed E-state index contributed by atoms with van der Waals surface area (Å²) < 4.78 is 5.28. The average Bonchev–Trinajstić information content (AvgIpc) is 2.03. The van der Waals surface area contributed by atoms with E-state index >= 15 is 0 Å². The number of Topliss-reactive ketones (excluding diaryl/α,β-unsaturated/α-hetero) is 1. The molecule has 1 aliphatic carbocycles. The molecule has 1 aliphatic rings. The van der Waals surface area contributed by atoms with E-state index in [1.165, 1.54) is 0 Å². The minimum Gasteiger partial charge on any atom is -0.366 e. The molecule has 62 valence electrons. The molecule has 2 heteroatoms. The van der Waals surface area contributed by atoms with Gasteiger partial charge in [0.05, 0.1) is 6.61 Å². The van der Waals surface area contributed by atoms with Crippen molar-refractivity contribution in [2.24, 2.45) is 0 Å². The summed E-state index contributed by atoms with van der Waals surface area (Å²) in [5.74, 6) is 0.262. The van der Waals surface area contributed by atoms with E-state index in [4.69, 9.17) is 4.74 Å². The van der Waals surface area contributed by atoms with Gasteiger partial charge in [0, 0.05) is 6.42 Å². The molecule has 0 unspecified atom stereocenters. The molecule has 0 aromatic heterocycles. The van der Waals surface area contributed by atoms with Crippen molar-refractivity contribution in [3.05, 3.63) is 12.7 Å². The van der Waals surface area contributed by atoms with Crippen LogP contribution in [-0.2, 0) is 9.53 Å². The zero-order chi connectivity index (χ0) is 8.10. The molecular weight excluding hydrogens is 140 g/mol. The van der Waals surface area contributed by atoms with Crippen LogP contribution >= 0.6 is 0 Å². The molecule has 0 aromatic carbocycles. The van der Waals surface area contributed by atoms with Gasteiger partial charge in [0.2, 0.25) is 0 Å². The van der Waals surface area contributed by atoms with Gasteiger partial charge >= 0.3 is 0 Å². The molecule has 0 saturated heterocycles. The number of carbonyl (C=O) groups is 1. The van der Waals surface area contributed by atoms with E-state index in [1.54, 1.807) is 6.08 Å². The predicted octanol–water partition coefficient (Wildman–Crippen LogP) is 1.70. The average molecular weight is 154 g/mol. The third-order valence-corrected chi connectivity index (χ3v) is 1.91. The van der Waals surface area contributed by atoms with Crippen molar-refractivity contribution in [3.8, 4) is 0 Å². The molecule has 0 bridgehead atoms.